The van der Waals surface area contributed by atoms with Crippen LogP contribution in [0.3, 0.4) is 0 Å². The van der Waals surface area contributed by atoms with Gasteiger partial charge < -0.3 is 0 Å². The summed E-state index contributed by atoms with van der Waals surface area (Å²) in [4.78, 5) is 15.7. The number of aromatic nitrogens is 3. The first-order valence-corrected chi connectivity index (χ1v) is 19.7. The van der Waals surface area contributed by atoms with E-state index in [0.29, 0.717) is 17.5 Å². The third-order valence-corrected chi connectivity index (χ3v) is 11.3. The molecule has 0 spiro atoms. The highest BCUT2D eigenvalue weighted by Gasteiger charge is 2.18. The first kappa shape index (κ1) is 33.6. The lowest BCUT2D eigenvalue weighted by Gasteiger charge is -2.14. The molecule has 11 aromatic rings. The van der Waals surface area contributed by atoms with Gasteiger partial charge in [-0.15, -0.1) is 0 Å². The Morgan fingerprint density at radius 3 is 1.36 bits per heavy atom. The zero-order valence-electron chi connectivity index (χ0n) is 31.5. The van der Waals surface area contributed by atoms with Crippen molar-refractivity contribution in [3.8, 4) is 67.5 Å². The lowest BCUT2D eigenvalue weighted by Crippen LogP contribution is -2.01. The van der Waals surface area contributed by atoms with Crippen LogP contribution >= 0.6 is 0 Å². The van der Waals surface area contributed by atoms with E-state index in [9.17, 15) is 0 Å². The number of rotatable bonds is 6. The minimum absolute atomic E-state index is 0.628. The largest absolute Gasteiger partial charge is 0.208 e. The molecular weight excluding hydrogens is 703 g/mol. The van der Waals surface area contributed by atoms with E-state index in [2.05, 4.69) is 212 Å². The van der Waals surface area contributed by atoms with Crippen LogP contribution in [0.4, 0.5) is 0 Å². The molecule has 0 saturated heterocycles. The van der Waals surface area contributed by atoms with Crippen molar-refractivity contribution in [3.05, 3.63) is 212 Å². The molecule has 0 fully saturated rings. The topological polar surface area (TPSA) is 38.7 Å². The van der Waals surface area contributed by atoms with Gasteiger partial charge in [0.2, 0.25) is 0 Å². The summed E-state index contributed by atoms with van der Waals surface area (Å²) in [7, 11) is 0. The van der Waals surface area contributed by atoms with E-state index in [0.717, 1.165) is 49.7 Å². The van der Waals surface area contributed by atoms with Crippen molar-refractivity contribution < 1.29 is 0 Å². The van der Waals surface area contributed by atoms with Gasteiger partial charge in [0.15, 0.2) is 17.5 Å². The molecule has 0 radical (unpaired) electrons. The van der Waals surface area contributed by atoms with Gasteiger partial charge in [0.25, 0.3) is 0 Å². The van der Waals surface area contributed by atoms with E-state index in [-0.39, 0.29) is 0 Å². The monoisotopic (exact) mass is 737 g/mol. The molecule has 10 aromatic carbocycles. The maximum Gasteiger partial charge on any atom is 0.164 e. The van der Waals surface area contributed by atoms with Crippen LogP contribution < -0.4 is 0 Å². The van der Waals surface area contributed by atoms with E-state index in [1.165, 1.54) is 43.4 Å². The standard InChI is InChI=1S/C55H35N3/c1-2-15-39-33-45(30-26-36(39)12-1)50-22-7-8-23-51(50)54-56-53(57-55(58-54)52-25-11-17-38-14-4-6-21-48(38)52)46-19-9-18-40(35-46)41-27-28-43-34-44(31-29-42(43)32-41)49-24-10-16-37-13-3-5-20-47(37)49/h1-35H. The quantitative estimate of drug-likeness (QED) is 0.171. The van der Waals surface area contributed by atoms with E-state index in [1.54, 1.807) is 0 Å². The fourth-order valence-electron chi connectivity index (χ4n) is 8.36. The Bertz CT molecular complexity index is 3350. The number of nitrogens with zero attached hydrogens (tertiary/aromatic N) is 3. The van der Waals surface area contributed by atoms with Gasteiger partial charge >= 0.3 is 0 Å². The molecule has 0 aliphatic carbocycles. The van der Waals surface area contributed by atoms with Gasteiger partial charge in [-0.1, -0.05) is 188 Å². The third-order valence-electron chi connectivity index (χ3n) is 11.3. The molecule has 3 nitrogen and oxygen atoms in total. The molecule has 0 aliphatic rings. The molecule has 0 N–H and O–H groups in total. The van der Waals surface area contributed by atoms with Crippen molar-refractivity contribution in [2.45, 2.75) is 0 Å². The fourth-order valence-corrected chi connectivity index (χ4v) is 8.36. The Balaban J connectivity index is 1.03. The predicted octanol–water partition coefficient (Wildman–Crippen LogP) is 14.5. The summed E-state index contributed by atoms with van der Waals surface area (Å²) in [6.07, 6.45) is 0. The average Bonchev–Trinajstić information content (AvgIpc) is 3.30. The minimum Gasteiger partial charge on any atom is -0.208 e. The van der Waals surface area contributed by atoms with Gasteiger partial charge in [-0.25, -0.2) is 15.0 Å². The fraction of sp³-hybridized carbons (Fsp3) is 0. The van der Waals surface area contributed by atoms with Crippen molar-refractivity contribution in [2.24, 2.45) is 0 Å². The molecule has 11 rings (SSSR count). The van der Waals surface area contributed by atoms with E-state index >= 15 is 0 Å². The van der Waals surface area contributed by atoms with Crippen molar-refractivity contribution in [3.63, 3.8) is 0 Å². The summed E-state index contributed by atoms with van der Waals surface area (Å²) < 4.78 is 0. The Morgan fingerprint density at radius 2 is 0.621 bits per heavy atom. The molecule has 0 unspecified atom stereocenters. The Labute approximate surface area is 336 Å². The minimum atomic E-state index is 0.628. The lowest BCUT2D eigenvalue weighted by atomic mass is 9.94. The number of fused-ring (bicyclic) bond motifs is 4. The highest BCUT2D eigenvalue weighted by Crippen LogP contribution is 2.37. The van der Waals surface area contributed by atoms with Crippen molar-refractivity contribution in [2.75, 3.05) is 0 Å². The second kappa shape index (κ2) is 14.1. The third kappa shape index (κ3) is 6.07. The smallest absolute Gasteiger partial charge is 0.164 e. The number of benzene rings is 10. The average molecular weight is 738 g/mol. The van der Waals surface area contributed by atoms with Crippen LogP contribution in [0, 0.1) is 0 Å². The Morgan fingerprint density at radius 1 is 0.207 bits per heavy atom. The maximum atomic E-state index is 5.25. The molecule has 0 atom stereocenters. The molecule has 270 valence electrons. The van der Waals surface area contributed by atoms with Gasteiger partial charge in [-0.3, -0.25) is 0 Å². The molecule has 0 amide bonds. The summed E-state index contributed by atoms with van der Waals surface area (Å²) in [5.41, 5.74) is 9.74. The number of hydrogen-bond acceptors (Lipinski definition) is 3. The van der Waals surface area contributed by atoms with E-state index < -0.39 is 0 Å². The van der Waals surface area contributed by atoms with Crippen LogP contribution in [0.1, 0.15) is 0 Å². The molecular formula is C55H35N3. The summed E-state index contributed by atoms with van der Waals surface area (Å²) in [5.74, 6) is 1.90. The number of hydrogen-bond donors (Lipinski definition) is 0. The first-order valence-electron chi connectivity index (χ1n) is 19.7. The van der Waals surface area contributed by atoms with Crippen LogP contribution in [0.2, 0.25) is 0 Å². The van der Waals surface area contributed by atoms with Crippen molar-refractivity contribution in [1.29, 1.82) is 0 Å². The lowest BCUT2D eigenvalue weighted by molar-refractivity contribution is 1.08. The van der Waals surface area contributed by atoms with Crippen LogP contribution in [0.15, 0.2) is 212 Å². The predicted molar refractivity (Wildman–Crippen MR) is 242 cm³/mol. The second-order valence-electron chi connectivity index (χ2n) is 14.8. The van der Waals surface area contributed by atoms with E-state index in [4.69, 9.17) is 15.0 Å². The van der Waals surface area contributed by atoms with Gasteiger partial charge in [0.05, 0.1) is 0 Å². The molecule has 1 heterocycles. The van der Waals surface area contributed by atoms with Gasteiger partial charge in [-0.05, 0) is 101 Å². The van der Waals surface area contributed by atoms with Crippen molar-refractivity contribution in [1.82, 2.24) is 15.0 Å². The van der Waals surface area contributed by atoms with Gasteiger partial charge in [0, 0.05) is 16.7 Å². The summed E-state index contributed by atoms with van der Waals surface area (Å²) in [5, 5.41) is 9.56. The highest BCUT2D eigenvalue weighted by molar-refractivity contribution is 6.00. The molecule has 0 saturated carbocycles. The van der Waals surface area contributed by atoms with Crippen LogP contribution in [-0.4, -0.2) is 15.0 Å². The van der Waals surface area contributed by atoms with Crippen LogP contribution in [0.5, 0.6) is 0 Å². The molecule has 0 bridgehead atoms. The van der Waals surface area contributed by atoms with Crippen LogP contribution in [0.25, 0.3) is 111 Å². The van der Waals surface area contributed by atoms with Crippen LogP contribution in [-0.2, 0) is 0 Å². The van der Waals surface area contributed by atoms with Crippen molar-refractivity contribution >= 4 is 43.1 Å². The van der Waals surface area contributed by atoms with Gasteiger partial charge in [0.1, 0.15) is 0 Å². The second-order valence-corrected chi connectivity index (χ2v) is 14.8. The summed E-state index contributed by atoms with van der Waals surface area (Å²) in [6, 6.07) is 75.4. The maximum absolute atomic E-state index is 5.25. The zero-order valence-corrected chi connectivity index (χ0v) is 31.5. The Hall–Kier alpha value is -7.75. The molecule has 1 aromatic heterocycles. The first-order chi connectivity index (χ1) is 28.7. The molecule has 0 aliphatic heterocycles. The van der Waals surface area contributed by atoms with E-state index in [1.807, 2.05) is 0 Å². The Kier molecular flexibility index (Phi) is 8.15. The molecule has 58 heavy (non-hydrogen) atoms. The normalized spacial score (nSPS) is 11.4. The summed E-state index contributed by atoms with van der Waals surface area (Å²) in [6.45, 7) is 0. The summed E-state index contributed by atoms with van der Waals surface area (Å²) >= 11 is 0. The van der Waals surface area contributed by atoms with Gasteiger partial charge in [-0.2, -0.15) is 0 Å². The SMILES string of the molecule is c1cc(-c2ccc3cc(-c4cccc5ccccc45)ccc3c2)cc(-c2nc(-c3ccccc3-c3ccc4ccccc4c3)nc(-c3cccc4ccccc34)n2)c1. The molecule has 3 heteroatoms. The zero-order chi connectivity index (χ0) is 38.4. The highest BCUT2D eigenvalue weighted by atomic mass is 15.0.